The lowest BCUT2D eigenvalue weighted by atomic mass is 10.1. The zero-order valence-corrected chi connectivity index (χ0v) is 12.8. The van der Waals surface area contributed by atoms with E-state index in [1.54, 1.807) is 0 Å². The fraction of sp³-hybridized carbons (Fsp3) is 0.600. The number of hydrogen-bond donors (Lipinski definition) is 1. The van der Waals surface area contributed by atoms with Gasteiger partial charge in [-0.2, -0.15) is 0 Å². The Morgan fingerprint density at radius 2 is 2.16 bits per heavy atom. The number of nitrogens with one attached hydrogen (secondary N) is 1. The van der Waals surface area contributed by atoms with E-state index in [0.717, 1.165) is 39.4 Å². The summed E-state index contributed by atoms with van der Waals surface area (Å²) >= 11 is 3.66. The van der Waals surface area contributed by atoms with Crippen LogP contribution in [-0.4, -0.2) is 44.3 Å². The molecule has 2 aliphatic rings. The predicted molar refractivity (Wildman–Crippen MR) is 80.5 cm³/mol. The molecule has 3 nitrogen and oxygen atoms in total. The van der Waals surface area contributed by atoms with Crippen molar-refractivity contribution in [2.24, 2.45) is 0 Å². The summed E-state index contributed by atoms with van der Waals surface area (Å²) in [4.78, 5) is 2.48. The van der Waals surface area contributed by atoms with Crippen molar-refractivity contribution in [2.75, 3.05) is 39.4 Å². The molecule has 1 aromatic carbocycles. The van der Waals surface area contributed by atoms with Crippen LogP contribution in [-0.2, 0) is 11.2 Å². The molecule has 1 saturated heterocycles. The number of morpholine rings is 1. The van der Waals surface area contributed by atoms with Crippen LogP contribution in [0.5, 0.6) is 0 Å². The van der Waals surface area contributed by atoms with Crippen molar-refractivity contribution in [2.45, 2.75) is 18.9 Å². The second-order valence-electron chi connectivity index (χ2n) is 5.31. The highest BCUT2D eigenvalue weighted by atomic mass is 79.9. The minimum atomic E-state index is 0.536. The largest absolute Gasteiger partial charge is 0.379 e. The van der Waals surface area contributed by atoms with Gasteiger partial charge in [0.1, 0.15) is 0 Å². The molecule has 1 aromatic rings. The van der Waals surface area contributed by atoms with Crippen LogP contribution in [0.2, 0.25) is 0 Å². The second-order valence-corrected chi connectivity index (χ2v) is 6.16. The fourth-order valence-corrected chi connectivity index (χ4v) is 3.62. The smallest absolute Gasteiger partial charge is 0.0594 e. The van der Waals surface area contributed by atoms with Crippen LogP contribution in [0.3, 0.4) is 0 Å². The van der Waals surface area contributed by atoms with E-state index in [-0.39, 0.29) is 0 Å². The Labute approximate surface area is 123 Å². The third-order valence-electron chi connectivity index (χ3n) is 4.14. The zero-order chi connectivity index (χ0) is 13.1. The van der Waals surface area contributed by atoms with Gasteiger partial charge in [0.05, 0.1) is 13.2 Å². The number of nitrogens with zero attached hydrogens (tertiary/aromatic N) is 1. The normalized spacial score (nSPS) is 23.5. The van der Waals surface area contributed by atoms with Crippen LogP contribution in [0.25, 0.3) is 0 Å². The molecule has 1 fully saturated rings. The maximum absolute atomic E-state index is 5.37. The first-order valence-electron chi connectivity index (χ1n) is 7.15. The molecule has 3 rings (SSSR count). The summed E-state index contributed by atoms with van der Waals surface area (Å²) in [5.74, 6) is 0. The van der Waals surface area contributed by atoms with Crippen molar-refractivity contribution in [3.05, 3.63) is 33.8 Å². The van der Waals surface area contributed by atoms with Gasteiger partial charge in [0, 0.05) is 36.7 Å². The summed E-state index contributed by atoms with van der Waals surface area (Å²) in [6.07, 6.45) is 2.41. The predicted octanol–water partition coefficient (Wildman–Crippen LogP) is 2.36. The summed E-state index contributed by atoms with van der Waals surface area (Å²) in [5, 5.41) is 3.71. The first-order valence-corrected chi connectivity index (χ1v) is 7.94. The lowest BCUT2D eigenvalue weighted by Crippen LogP contribution is -2.40. The highest BCUT2D eigenvalue weighted by Crippen LogP contribution is 2.35. The maximum atomic E-state index is 5.37. The van der Waals surface area contributed by atoms with Crippen LogP contribution >= 0.6 is 15.9 Å². The molecular weight excluding hydrogens is 304 g/mol. The molecule has 4 heteroatoms. The molecule has 104 valence electrons. The monoisotopic (exact) mass is 324 g/mol. The van der Waals surface area contributed by atoms with Crippen molar-refractivity contribution in [3.8, 4) is 0 Å². The van der Waals surface area contributed by atoms with Crippen molar-refractivity contribution in [1.82, 2.24) is 10.2 Å². The Bertz CT molecular complexity index is 432. The van der Waals surface area contributed by atoms with Gasteiger partial charge in [0.2, 0.25) is 0 Å². The number of ether oxygens (including phenoxy) is 1. The van der Waals surface area contributed by atoms with E-state index < -0.39 is 0 Å². The van der Waals surface area contributed by atoms with Crippen LogP contribution in [0.1, 0.15) is 23.6 Å². The van der Waals surface area contributed by atoms with Crippen molar-refractivity contribution >= 4 is 15.9 Å². The zero-order valence-electron chi connectivity index (χ0n) is 11.2. The molecule has 1 aliphatic heterocycles. The Hall–Kier alpha value is -0.420. The maximum Gasteiger partial charge on any atom is 0.0594 e. The van der Waals surface area contributed by atoms with Crippen LogP contribution in [0.15, 0.2) is 22.7 Å². The van der Waals surface area contributed by atoms with E-state index in [2.05, 4.69) is 44.3 Å². The first kappa shape index (κ1) is 13.6. The van der Waals surface area contributed by atoms with E-state index in [4.69, 9.17) is 4.74 Å². The van der Waals surface area contributed by atoms with Gasteiger partial charge in [-0.25, -0.2) is 0 Å². The number of fused-ring (bicyclic) bond motifs is 1. The number of rotatable bonds is 4. The van der Waals surface area contributed by atoms with Gasteiger partial charge in [-0.05, 0) is 30.0 Å². The lowest BCUT2D eigenvalue weighted by Gasteiger charge is -2.27. The average molecular weight is 325 g/mol. The molecule has 1 atom stereocenters. The number of hydrogen-bond acceptors (Lipinski definition) is 3. The number of benzene rings is 1. The highest BCUT2D eigenvalue weighted by molar-refractivity contribution is 9.10. The summed E-state index contributed by atoms with van der Waals surface area (Å²) < 4.78 is 6.64. The SMILES string of the molecule is Brc1cccc2c1CCC2NCCN1CCOCC1. The summed E-state index contributed by atoms with van der Waals surface area (Å²) in [6, 6.07) is 7.09. The molecule has 0 amide bonds. The van der Waals surface area contributed by atoms with Gasteiger partial charge in [-0.3, -0.25) is 4.90 Å². The Balaban J connectivity index is 1.51. The van der Waals surface area contributed by atoms with E-state index in [9.17, 15) is 0 Å². The molecule has 1 heterocycles. The van der Waals surface area contributed by atoms with E-state index in [0.29, 0.717) is 6.04 Å². The Morgan fingerprint density at radius 1 is 1.32 bits per heavy atom. The van der Waals surface area contributed by atoms with Crippen LogP contribution in [0.4, 0.5) is 0 Å². The minimum absolute atomic E-state index is 0.536. The van der Waals surface area contributed by atoms with Crippen LogP contribution in [0, 0.1) is 0 Å². The van der Waals surface area contributed by atoms with E-state index in [1.165, 1.54) is 28.4 Å². The lowest BCUT2D eigenvalue weighted by molar-refractivity contribution is 0.0381. The third kappa shape index (κ3) is 3.19. The third-order valence-corrected chi connectivity index (χ3v) is 4.88. The summed E-state index contributed by atoms with van der Waals surface area (Å²) in [7, 11) is 0. The minimum Gasteiger partial charge on any atom is -0.379 e. The Kier molecular flexibility index (Phi) is 4.53. The standard InChI is InChI=1S/C15H21BrN2O/c16-14-3-1-2-13-12(14)4-5-15(13)17-6-7-18-8-10-19-11-9-18/h1-3,15,17H,4-11H2. The summed E-state index contributed by atoms with van der Waals surface area (Å²) in [5.41, 5.74) is 2.97. The average Bonchev–Trinajstić information content (AvgIpc) is 2.85. The molecule has 0 aromatic heterocycles. The van der Waals surface area contributed by atoms with Crippen molar-refractivity contribution in [1.29, 1.82) is 0 Å². The van der Waals surface area contributed by atoms with E-state index in [1.807, 2.05) is 0 Å². The molecule has 0 radical (unpaired) electrons. The van der Waals surface area contributed by atoms with Crippen molar-refractivity contribution < 1.29 is 4.74 Å². The van der Waals surface area contributed by atoms with Gasteiger partial charge in [0.15, 0.2) is 0 Å². The van der Waals surface area contributed by atoms with Gasteiger partial charge in [-0.15, -0.1) is 0 Å². The van der Waals surface area contributed by atoms with E-state index >= 15 is 0 Å². The first-order chi connectivity index (χ1) is 9.34. The highest BCUT2D eigenvalue weighted by Gasteiger charge is 2.23. The quantitative estimate of drug-likeness (QED) is 0.920. The van der Waals surface area contributed by atoms with Gasteiger partial charge < -0.3 is 10.1 Å². The molecule has 1 aliphatic carbocycles. The molecule has 0 saturated carbocycles. The second kappa shape index (κ2) is 6.35. The molecular formula is C15H21BrN2O. The Morgan fingerprint density at radius 3 is 3.00 bits per heavy atom. The van der Waals surface area contributed by atoms with Crippen molar-refractivity contribution in [3.63, 3.8) is 0 Å². The molecule has 1 unspecified atom stereocenters. The summed E-state index contributed by atoms with van der Waals surface area (Å²) in [6.45, 7) is 6.13. The topological polar surface area (TPSA) is 24.5 Å². The van der Waals surface area contributed by atoms with Gasteiger partial charge in [-0.1, -0.05) is 28.1 Å². The molecule has 19 heavy (non-hydrogen) atoms. The molecule has 0 spiro atoms. The fourth-order valence-electron chi connectivity index (χ4n) is 3.04. The van der Waals surface area contributed by atoms with Gasteiger partial charge >= 0.3 is 0 Å². The molecule has 0 bridgehead atoms. The number of halogens is 1. The molecule has 1 N–H and O–H groups in total. The van der Waals surface area contributed by atoms with Crippen LogP contribution < -0.4 is 5.32 Å². The van der Waals surface area contributed by atoms with Gasteiger partial charge in [0.25, 0.3) is 0 Å².